The maximum Gasteiger partial charge on any atom is 0.137 e. The summed E-state index contributed by atoms with van der Waals surface area (Å²) in [6.45, 7) is 0. The number of benzene rings is 1. The van der Waals surface area contributed by atoms with Crippen molar-refractivity contribution in [3.05, 3.63) is 34.1 Å². The summed E-state index contributed by atoms with van der Waals surface area (Å²) in [5, 5.41) is 0. The lowest BCUT2D eigenvalue weighted by Crippen LogP contribution is -2.24. The fourth-order valence-corrected chi connectivity index (χ4v) is 2.06. The highest BCUT2D eigenvalue weighted by Crippen LogP contribution is 2.33. The summed E-state index contributed by atoms with van der Waals surface area (Å²) in [5.41, 5.74) is 7.10. The standard InChI is InChI=1S/C11H13BrFN/c12-9-5-7(1-4-10(9)13)6-11(14)8-2-3-8/h1,4-5,8,11H,2-3,6,14H2. The van der Waals surface area contributed by atoms with E-state index in [2.05, 4.69) is 15.9 Å². The van der Waals surface area contributed by atoms with Crippen molar-refractivity contribution in [2.45, 2.75) is 25.3 Å². The summed E-state index contributed by atoms with van der Waals surface area (Å²) in [4.78, 5) is 0. The Balaban J connectivity index is 2.04. The van der Waals surface area contributed by atoms with Crippen molar-refractivity contribution in [1.82, 2.24) is 0 Å². The van der Waals surface area contributed by atoms with Gasteiger partial charge in [-0.1, -0.05) is 6.07 Å². The Labute approximate surface area is 91.6 Å². The molecule has 2 rings (SSSR count). The molecule has 3 heteroatoms. The Morgan fingerprint density at radius 2 is 2.21 bits per heavy atom. The topological polar surface area (TPSA) is 26.0 Å². The molecule has 1 aliphatic rings. The van der Waals surface area contributed by atoms with Gasteiger partial charge in [0, 0.05) is 6.04 Å². The lowest BCUT2D eigenvalue weighted by molar-refractivity contribution is 0.587. The van der Waals surface area contributed by atoms with E-state index < -0.39 is 0 Å². The largest absolute Gasteiger partial charge is 0.327 e. The van der Waals surface area contributed by atoms with Crippen molar-refractivity contribution in [2.75, 3.05) is 0 Å². The predicted octanol–water partition coefficient (Wildman–Crippen LogP) is 2.87. The maximum atomic E-state index is 12.9. The quantitative estimate of drug-likeness (QED) is 0.886. The molecule has 1 saturated carbocycles. The first-order chi connectivity index (χ1) is 6.66. The van der Waals surface area contributed by atoms with E-state index in [1.807, 2.05) is 12.1 Å². The summed E-state index contributed by atoms with van der Waals surface area (Å²) in [6.07, 6.45) is 3.36. The zero-order valence-electron chi connectivity index (χ0n) is 7.84. The molecule has 76 valence electrons. The highest BCUT2D eigenvalue weighted by molar-refractivity contribution is 9.10. The van der Waals surface area contributed by atoms with E-state index in [-0.39, 0.29) is 11.9 Å². The SMILES string of the molecule is NC(Cc1ccc(F)c(Br)c1)C1CC1. The molecule has 0 aliphatic heterocycles. The summed E-state index contributed by atoms with van der Waals surface area (Å²) in [7, 11) is 0. The van der Waals surface area contributed by atoms with Crippen LogP contribution < -0.4 is 5.73 Å². The first kappa shape index (κ1) is 10.1. The van der Waals surface area contributed by atoms with Gasteiger partial charge < -0.3 is 5.73 Å². The molecule has 1 aromatic rings. The second-order valence-electron chi connectivity index (χ2n) is 3.95. The van der Waals surface area contributed by atoms with Gasteiger partial charge in [0.1, 0.15) is 5.82 Å². The molecule has 0 bridgehead atoms. The van der Waals surface area contributed by atoms with E-state index in [0.29, 0.717) is 10.4 Å². The molecule has 0 heterocycles. The normalized spacial score (nSPS) is 18.2. The third kappa shape index (κ3) is 2.34. The first-order valence-electron chi connectivity index (χ1n) is 4.86. The van der Waals surface area contributed by atoms with Crippen LogP contribution in [0.1, 0.15) is 18.4 Å². The Kier molecular flexibility index (Phi) is 2.88. The number of hydrogen-bond donors (Lipinski definition) is 1. The van der Waals surface area contributed by atoms with E-state index in [4.69, 9.17) is 5.73 Å². The van der Waals surface area contributed by atoms with Gasteiger partial charge in [-0.25, -0.2) is 4.39 Å². The molecule has 1 unspecified atom stereocenters. The molecule has 1 aliphatic carbocycles. The number of nitrogens with two attached hydrogens (primary N) is 1. The molecule has 1 atom stereocenters. The third-order valence-electron chi connectivity index (χ3n) is 2.68. The van der Waals surface area contributed by atoms with Gasteiger partial charge in [0.25, 0.3) is 0 Å². The van der Waals surface area contributed by atoms with Crippen molar-refractivity contribution < 1.29 is 4.39 Å². The van der Waals surface area contributed by atoms with Gasteiger partial charge in [0.15, 0.2) is 0 Å². The summed E-state index contributed by atoms with van der Waals surface area (Å²) >= 11 is 3.17. The third-order valence-corrected chi connectivity index (χ3v) is 3.29. The first-order valence-corrected chi connectivity index (χ1v) is 5.65. The zero-order valence-corrected chi connectivity index (χ0v) is 9.43. The average molecular weight is 258 g/mol. The molecule has 2 N–H and O–H groups in total. The Morgan fingerprint density at radius 1 is 1.50 bits per heavy atom. The van der Waals surface area contributed by atoms with Crippen molar-refractivity contribution in [3.63, 3.8) is 0 Å². The Bertz CT molecular complexity index is 336. The van der Waals surface area contributed by atoms with E-state index in [1.165, 1.54) is 18.9 Å². The lowest BCUT2D eigenvalue weighted by atomic mass is 10.0. The van der Waals surface area contributed by atoms with Gasteiger partial charge in [-0.15, -0.1) is 0 Å². The van der Waals surface area contributed by atoms with Gasteiger partial charge in [0.2, 0.25) is 0 Å². The Hall–Kier alpha value is -0.410. The minimum atomic E-state index is -0.214. The molecule has 14 heavy (non-hydrogen) atoms. The van der Waals surface area contributed by atoms with Crippen LogP contribution in [0.4, 0.5) is 4.39 Å². The molecule has 1 nitrogen and oxygen atoms in total. The van der Waals surface area contributed by atoms with Crippen molar-refractivity contribution in [3.8, 4) is 0 Å². The number of halogens is 2. The average Bonchev–Trinajstić information content (AvgIpc) is 2.94. The van der Waals surface area contributed by atoms with Crippen LogP contribution in [-0.4, -0.2) is 6.04 Å². The molecule has 0 radical (unpaired) electrons. The maximum absolute atomic E-state index is 12.9. The lowest BCUT2D eigenvalue weighted by Gasteiger charge is -2.10. The summed E-state index contributed by atoms with van der Waals surface area (Å²) < 4.78 is 13.5. The molecule has 0 aromatic heterocycles. The van der Waals surface area contributed by atoms with Gasteiger partial charge >= 0.3 is 0 Å². The molecule has 0 spiro atoms. The van der Waals surface area contributed by atoms with Crippen LogP contribution in [0, 0.1) is 11.7 Å². The fourth-order valence-electron chi connectivity index (χ4n) is 1.63. The summed E-state index contributed by atoms with van der Waals surface area (Å²) in [6, 6.07) is 5.35. The highest BCUT2D eigenvalue weighted by Gasteiger charge is 2.28. The molecular formula is C11H13BrFN. The van der Waals surface area contributed by atoms with Crippen molar-refractivity contribution in [2.24, 2.45) is 11.7 Å². The van der Waals surface area contributed by atoms with E-state index in [0.717, 1.165) is 12.0 Å². The highest BCUT2D eigenvalue weighted by atomic mass is 79.9. The van der Waals surface area contributed by atoms with Crippen LogP contribution in [0.2, 0.25) is 0 Å². The second kappa shape index (κ2) is 3.99. The minimum Gasteiger partial charge on any atom is -0.327 e. The van der Waals surface area contributed by atoms with E-state index >= 15 is 0 Å². The minimum absolute atomic E-state index is 0.214. The van der Waals surface area contributed by atoms with Crippen LogP contribution in [0.15, 0.2) is 22.7 Å². The molecule has 0 saturated heterocycles. The summed E-state index contributed by atoms with van der Waals surface area (Å²) in [5.74, 6) is 0.479. The van der Waals surface area contributed by atoms with Crippen molar-refractivity contribution in [1.29, 1.82) is 0 Å². The predicted molar refractivity (Wildman–Crippen MR) is 58.5 cm³/mol. The van der Waals surface area contributed by atoms with Crippen LogP contribution in [0.25, 0.3) is 0 Å². The fraction of sp³-hybridized carbons (Fsp3) is 0.455. The number of hydrogen-bond acceptors (Lipinski definition) is 1. The van der Waals surface area contributed by atoms with Crippen molar-refractivity contribution >= 4 is 15.9 Å². The zero-order chi connectivity index (χ0) is 10.1. The van der Waals surface area contributed by atoms with E-state index in [9.17, 15) is 4.39 Å². The van der Waals surface area contributed by atoms with Gasteiger partial charge in [-0.05, 0) is 58.8 Å². The van der Waals surface area contributed by atoms with Gasteiger partial charge in [0.05, 0.1) is 4.47 Å². The second-order valence-corrected chi connectivity index (χ2v) is 4.81. The van der Waals surface area contributed by atoms with Crippen LogP contribution >= 0.6 is 15.9 Å². The number of rotatable bonds is 3. The molecule has 0 amide bonds. The van der Waals surface area contributed by atoms with Crippen LogP contribution in [-0.2, 0) is 6.42 Å². The van der Waals surface area contributed by atoms with E-state index in [1.54, 1.807) is 0 Å². The van der Waals surface area contributed by atoms with Gasteiger partial charge in [-0.2, -0.15) is 0 Å². The smallest absolute Gasteiger partial charge is 0.137 e. The molecule has 1 fully saturated rings. The monoisotopic (exact) mass is 257 g/mol. The van der Waals surface area contributed by atoms with Crippen LogP contribution in [0.3, 0.4) is 0 Å². The van der Waals surface area contributed by atoms with Gasteiger partial charge in [-0.3, -0.25) is 0 Å². The molecule has 1 aromatic carbocycles. The van der Waals surface area contributed by atoms with Crippen LogP contribution in [0.5, 0.6) is 0 Å². The molecular weight excluding hydrogens is 245 g/mol. The Morgan fingerprint density at radius 3 is 2.79 bits per heavy atom.